The number of rotatable bonds is 8. The highest BCUT2D eigenvalue weighted by Crippen LogP contribution is 2.32. The summed E-state index contributed by atoms with van der Waals surface area (Å²) >= 11 is 0. The number of carbonyl (C=O) groups excluding carboxylic acids is 1. The molecule has 11 heteroatoms. The summed E-state index contributed by atoms with van der Waals surface area (Å²) < 4.78 is 48.6. The number of aliphatic hydroxyl groups is 2. The molecule has 0 aliphatic rings. The standard InChI is InChI=1S/C22H21F3N2O6/c1-21(20(30)26-31,19(29)18-10-17(11-28)33-27-18)32-12-13-2-4-14(5-3-13)15-6-8-16(9-7-15)22(23,24)25/h2-10,19,28-29,31H,11-12H2,1H3,(H,26,30)/t19-,21-/m0/s1. The van der Waals surface area contributed by atoms with E-state index in [1.807, 2.05) is 0 Å². The molecule has 4 N–H and O–H groups in total. The Kier molecular flexibility index (Phi) is 7.18. The number of hydrogen-bond acceptors (Lipinski definition) is 7. The lowest BCUT2D eigenvalue weighted by Crippen LogP contribution is -2.50. The van der Waals surface area contributed by atoms with Gasteiger partial charge in [0.2, 0.25) is 0 Å². The lowest BCUT2D eigenvalue weighted by Gasteiger charge is -2.31. The number of amides is 1. The zero-order valence-corrected chi connectivity index (χ0v) is 17.3. The Balaban J connectivity index is 1.74. The Morgan fingerprint density at radius 2 is 1.70 bits per heavy atom. The van der Waals surface area contributed by atoms with E-state index in [2.05, 4.69) is 5.16 Å². The Morgan fingerprint density at radius 3 is 2.18 bits per heavy atom. The summed E-state index contributed by atoms with van der Waals surface area (Å²) in [5.74, 6) is -0.973. The molecule has 3 aromatic rings. The molecular weight excluding hydrogens is 445 g/mol. The van der Waals surface area contributed by atoms with Crippen LogP contribution in [0.25, 0.3) is 11.1 Å². The summed E-state index contributed by atoms with van der Waals surface area (Å²) in [6.07, 6.45) is -6.05. The van der Waals surface area contributed by atoms with Gasteiger partial charge in [-0.25, -0.2) is 5.48 Å². The van der Waals surface area contributed by atoms with Crippen LogP contribution in [0.1, 0.15) is 35.6 Å². The second kappa shape index (κ2) is 9.71. The molecule has 0 saturated carbocycles. The first-order valence-corrected chi connectivity index (χ1v) is 9.68. The fourth-order valence-corrected chi connectivity index (χ4v) is 3.07. The summed E-state index contributed by atoms with van der Waals surface area (Å²) in [4.78, 5) is 12.2. The summed E-state index contributed by atoms with van der Waals surface area (Å²) in [5, 5.41) is 32.4. The molecule has 0 aliphatic heterocycles. The molecule has 176 valence electrons. The highest BCUT2D eigenvalue weighted by molar-refractivity contribution is 5.84. The lowest BCUT2D eigenvalue weighted by atomic mass is 9.95. The predicted molar refractivity (Wildman–Crippen MR) is 107 cm³/mol. The Labute approximate surface area is 186 Å². The van der Waals surface area contributed by atoms with E-state index in [0.717, 1.165) is 12.1 Å². The molecule has 1 amide bonds. The van der Waals surface area contributed by atoms with Crippen LogP contribution < -0.4 is 5.48 Å². The monoisotopic (exact) mass is 466 g/mol. The number of ether oxygens (including phenoxy) is 1. The fraction of sp³-hybridized carbons (Fsp3) is 0.273. The van der Waals surface area contributed by atoms with Crippen LogP contribution in [0, 0.1) is 0 Å². The van der Waals surface area contributed by atoms with Crippen molar-refractivity contribution in [2.45, 2.75) is 38.0 Å². The largest absolute Gasteiger partial charge is 0.416 e. The molecule has 2 atom stereocenters. The van der Waals surface area contributed by atoms with Gasteiger partial charge in [-0.1, -0.05) is 41.6 Å². The Bertz CT molecular complexity index is 1080. The van der Waals surface area contributed by atoms with Crippen molar-refractivity contribution < 1.29 is 42.6 Å². The molecule has 0 saturated heterocycles. The minimum absolute atomic E-state index is 0.0645. The molecule has 0 unspecified atom stereocenters. The summed E-state index contributed by atoms with van der Waals surface area (Å²) in [5.41, 5.74) is 0.500. The van der Waals surface area contributed by atoms with Crippen LogP contribution in [0.4, 0.5) is 13.2 Å². The van der Waals surface area contributed by atoms with E-state index in [-0.39, 0.29) is 18.1 Å². The van der Waals surface area contributed by atoms with Crippen molar-refractivity contribution in [1.29, 1.82) is 0 Å². The van der Waals surface area contributed by atoms with Crippen LogP contribution in [0.2, 0.25) is 0 Å². The zero-order valence-electron chi connectivity index (χ0n) is 17.3. The van der Waals surface area contributed by atoms with E-state index < -0.39 is 36.0 Å². The molecule has 3 rings (SSSR count). The van der Waals surface area contributed by atoms with Crippen molar-refractivity contribution in [3.05, 3.63) is 77.2 Å². The van der Waals surface area contributed by atoms with Gasteiger partial charge in [0.25, 0.3) is 5.91 Å². The number of nitrogens with zero attached hydrogens (tertiary/aromatic N) is 1. The molecule has 0 spiro atoms. The average Bonchev–Trinajstić information content (AvgIpc) is 3.30. The van der Waals surface area contributed by atoms with Gasteiger partial charge in [0.05, 0.1) is 12.2 Å². The highest BCUT2D eigenvalue weighted by atomic mass is 19.4. The quantitative estimate of drug-likeness (QED) is 0.296. The maximum absolute atomic E-state index is 12.7. The molecule has 0 radical (unpaired) electrons. The number of carbonyl (C=O) groups is 1. The van der Waals surface area contributed by atoms with Gasteiger partial charge in [-0.3, -0.25) is 10.0 Å². The average molecular weight is 466 g/mol. The first-order chi connectivity index (χ1) is 15.6. The van der Waals surface area contributed by atoms with Crippen molar-refractivity contribution in [3.8, 4) is 11.1 Å². The van der Waals surface area contributed by atoms with E-state index in [1.165, 1.54) is 30.6 Å². The van der Waals surface area contributed by atoms with Crippen LogP contribution >= 0.6 is 0 Å². The molecule has 0 bridgehead atoms. The van der Waals surface area contributed by atoms with Gasteiger partial charge in [-0.2, -0.15) is 13.2 Å². The molecule has 2 aromatic carbocycles. The second-order valence-electron chi connectivity index (χ2n) is 7.39. The molecular formula is C22H21F3N2O6. The number of alkyl halides is 3. The summed E-state index contributed by atoms with van der Waals surface area (Å²) in [6, 6.07) is 12.6. The van der Waals surface area contributed by atoms with Gasteiger partial charge >= 0.3 is 6.18 Å². The van der Waals surface area contributed by atoms with Crippen LogP contribution in [0.5, 0.6) is 0 Å². The third kappa shape index (κ3) is 5.40. The first kappa shape index (κ1) is 24.4. The molecule has 1 heterocycles. The number of benzene rings is 2. The molecule has 33 heavy (non-hydrogen) atoms. The molecule has 8 nitrogen and oxygen atoms in total. The first-order valence-electron chi connectivity index (χ1n) is 9.68. The predicted octanol–water partition coefficient (Wildman–Crippen LogP) is 3.37. The number of aromatic nitrogens is 1. The minimum atomic E-state index is -4.41. The van der Waals surface area contributed by atoms with Crippen molar-refractivity contribution in [3.63, 3.8) is 0 Å². The maximum Gasteiger partial charge on any atom is 0.416 e. The van der Waals surface area contributed by atoms with Gasteiger partial charge in [0, 0.05) is 6.07 Å². The highest BCUT2D eigenvalue weighted by Gasteiger charge is 2.44. The SMILES string of the molecule is C[C@@](OCc1ccc(-c2ccc(C(F)(F)F)cc2)cc1)(C(=O)NO)[C@@H](O)c1cc(CO)on1. The topological polar surface area (TPSA) is 125 Å². The molecule has 1 aromatic heterocycles. The van der Waals surface area contributed by atoms with E-state index in [9.17, 15) is 23.1 Å². The van der Waals surface area contributed by atoms with Crippen LogP contribution in [-0.2, 0) is 28.9 Å². The minimum Gasteiger partial charge on any atom is -0.388 e. The van der Waals surface area contributed by atoms with Gasteiger partial charge in [-0.05, 0) is 35.7 Å². The van der Waals surface area contributed by atoms with Crippen molar-refractivity contribution in [2.24, 2.45) is 0 Å². The second-order valence-corrected chi connectivity index (χ2v) is 7.39. The van der Waals surface area contributed by atoms with E-state index in [1.54, 1.807) is 24.3 Å². The van der Waals surface area contributed by atoms with E-state index >= 15 is 0 Å². The van der Waals surface area contributed by atoms with Crippen molar-refractivity contribution in [2.75, 3.05) is 0 Å². The number of nitrogens with one attached hydrogen (secondary N) is 1. The number of hydroxylamine groups is 1. The van der Waals surface area contributed by atoms with Gasteiger partial charge in [-0.15, -0.1) is 0 Å². The zero-order chi connectivity index (χ0) is 24.2. The lowest BCUT2D eigenvalue weighted by molar-refractivity contribution is -0.174. The van der Waals surface area contributed by atoms with Gasteiger partial charge < -0.3 is 19.5 Å². The van der Waals surface area contributed by atoms with E-state index in [4.69, 9.17) is 19.6 Å². The van der Waals surface area contributed by atoms with E-state index in [0.29, 0.717) is 16.7 Å². The summed E-state index contributed by atoms with van der Waals surface area (Å²) in [7, 11) is 0. The fourth-order valence-electron chi connectivity index (χ4n) is 3.07. The van der Waals surface area contributed by atoms with Crippen LogP contribution in [0.3, 0.4) is 0 Å². The van der Waals surface area contributed by atoms with Crippen LogP contribution in [-0.4, -0.2) is 32.1 Å². The van der Waals surface area contributed by atoms with Crippen molar-refractivity contribution in [1.82, 2.24) is 10.6 Å². The third-order valence-corrected chi connectivity index (χ3v) is 5.13. The normalized spacial score (nSPS) is 14.5. The Hall–Kier alpha value is -3.25. The maximum atomic E-state index is 12.7. The number of halogens is 3. The number of aliphatic hydroxyl groups excluding tert-OH is 2. The molecule has 0 aliphatic carbocycles. The smallest absolute Gasteiger partial charge is 0.388 e. The van der Waals surface area contributed by atoms with Gasteiger partial charge in [0.15, 0.2) is 11.4 Å². The van der Waals surface area contributed by atoms with Crippen LogP contribution in [0.15, 0.2) is 59.1 Å². The third-order valence-electron chi connectivity index (χ3n) is 5.13. The van der Waals surface area contributed by atoms with Crippen molar-refractivity contribution >= 4 is 5.91 Å². The Morgan fingerprint density at radius 1 is 1.12 bits per heavy atom. The van der Waals surface area contributed by atoms with Gasteiger partial charge in [0.1, 0.15) is 18.4 Å². The molecule has 0 fully saturated rings. The number of hydrogen-bond donors (Lipinski definition) is 4. The summed E-state index contributed by atoms with van der Waals surface area (Å²) in [6.45, 7) is 0.626.